The number of β-amino-alcohol motifs (C(OH)–C–C–N with tert-alkyl or cyclic N) is 1. The van der Waals surface area contributed by atoms with Gasteiger partial charge in [-0.15, -0.1) is 12.4 Å². The number of pyridine rings is 2. The number of aromatic nitrogens is 1. The lowest BCUT2D eigenvalue weighted by Crippen LogP contribution is -2.37. The fourth-order valence-corrected chi connectivity index (χ4v) is 4.24. The molecule has 2 aromatic rings. The number of carbonyl (C=O) groups is 1. The first kappa shape index (κ1) is 20.6. The van der Waals surface area contributed by atoms with E-state index in [1.165, 1.54) is 6.07 Å². The van der Waals surface area contributed by atoms with Gasteiger partial charge in [-0.05, 0) is 49.3 Å². The van der Waals surface area contributed by atoms with E-state index in [9.17, 15) is 19.8 Å². The second kappa shape index (κ2) is 7.35. The van der Waals surface area contributed by atoms with Crippen molar-refractivity contribution in [2.75, 3.05) is 18.0 Å². The molecule has 0 radical (unpaired) electrons. The third-order valence-corrected chi connectivity index (χ3v) is 5.64. The largest absolute Gasteiger partial charge is 0.477 e. The van der Waals surface area contributed by atoms with Crippen LogP contribution < -0.4 is 16.2 Å². The number of aliphatic hydroxyl groups is 1. The SMILES string of the molecule is Cc1c(N2CC(O)CC2CN)c(F)cn2c(=O)c(C(=O)O)cc(C3CC3)c12.Cl. The molecule has 2 aliphatic rings. The van der Waals surface area contributed by atoms with Gasteiger partial charge in [-0.2, -0.15) is 0 Å². The predicted octanol–water partition coefficient (Wildman–Crippen LogP) is 1.64. The molecular weight excluding hydrogens is 389 g/mol. The van der Waals surface area contributed by atoms with Crippen molar-refractivity contribution in [2.45, 2.75) is 44.2 Å². The number of aryl methyl sites for hydroxylation is 1. The van der Waals surface area contributed by atoms with Crippen molar-refractivity contribution in [2.24, 2.45) is 5.73 Å². The molecule has 9 heteroatoms. The first-order chi connectivity index (χ1) is 12.8. The van der Waals surface area contributed by atoms with Crippen LogP contribution in [-0.4, -0.2) is 45.8 Å². The van der Waals surface area contributed by atoms with Crippen molar-refractivity contribution in [3.63, 3.8) is 0 Å². The highest BCUT2D eigenvalue weighted by atomic mass is 35.5. The summed E-state index contributed by atoms with van der Waals surface area (Å²) in [6.45, 7) is 2.28. The van der Waals surface area contributed by atoms with Gasteiger partial charge in [-0.25, -0.2) is 9.18 Å². The van der Waals surface area contributed by atoms with Crippen LogP contribution in [0.15, 0.2) is 17.1 Å². The van der Waals surface area contributed by atoms with Gasteiger partial charge >= 0.3 is 5.97 Å². The molecule has 0 spiro atoms. The molecule has 7 nitrogen and oxygen atoms in total. The van der Waals surface area contributed by atoms with Crippen molar-refractivity contribution in [1.82, 2.24) is 4.40 Å². The minimum Gasteiger partial charge on any atom is -0.477 e. The van der Waals surface area contributed by atoms with Crippen molar-refractivity contribution in [3.8, 4) is 0 Å². The highest BCUT2D eigenvalue weighted by Crippen LogP contribution is 2.44. The van der Waals surface area contributed by atoms with Crippen LogP contribution in [0.4, 0.5) is 10.1 Å². The van der Waals surface area contributed by atoms with Crippen molar-refractivity contribution in [1.29, 1.82) is 0 Å². The Balaban J connectivity index is 0.00000225. The number of anilines is 1. The van der Waals surface area contributed by atoms with Crippen LogP contribution in [-0.2, 0) is 0 Å². The minimum atomic E-state index is -1.32. The number of halogens is 2. The zero-order valence-electron chi connectivity index (χ0n) is 15.4. The Morgan fingerprint density at radius 1 is 1.39 bits per heavy atom. The third kappa shape index (κ3) is 3.15. The van der Waals surface area contributed by atoms with Gasteiger partial charge < -0.3 is 20.8 Å². The number of nitrogens with two attached hydrogens (primary N) is 1. The summed E-state index contributed by atoms with van der Waals surface area (Å²) < 4.78 is 16.2. The molecule has 1 aliphatic heterocycles. The van der Waals surface area contributed by atoms with Gasteiger partial charge in [0, 0.05) is 19.1 Å². The molecule has 2 unspecified atom stereocenters. The molecule has 3 heterocycles. The van der Waals surface area contributed by atoms with Gasteiger partial charge in [0.15, 0.2) is 5.82 Å². The Labute approximate surface area is 167 Å². The summed E-state index contributed by atoms with van der Waals surface area (Å²) in [4.78, 5) is 25.8. The monoisotopic (exact) mass is 411 g/mol. The Bertz CT molecular complexity index is 1010. The molecule has 2 fully saturated rings. The van der Waals surface area contributed by atoms with Gasteiger partial charge in [0.2, 0.25) is 0 Å². The van der Waals surface area contributed by atoms with Gasteiger partial charge in [-0.3, -0.25) is 9.20 Å². The van der Waals surface area contributed by atoms with Gasteiger partial charge in [-0.1, -0.05) is 0 Å². The Morgan fingerprint density at radius 2 is 2.07 bits per heavy atom. The molecule has 1 aliphatic carbocycles. The van der Waals surface area contributed by atoms with E-state index in [0.29, 0.717) is 23.2 Å². The van der Waals surface area contributed by atoms with Crippen molar-refractivity contribution < 1.29 is 19.4 Å². The fraction of sp³-hybridized carbons (Fsp3) is 0.474. The van der Waals surface area contributed by atoms with Crippen LogP contribution in [0.2, 0.25) is 0 Å². The van der Waals surface area contributed by atoms with Crippen LogP contribution in [0.3, 0.4) is 0 Å². The summed E-state index contributed by atoms with van der Waals surface area (Å²) in [7, 11) is 0. The Morgan fingerprint density at radius 3 is 2.64 bits per heavy atom. The van der Waals surface area contributed by atoms with E-state index in [0.717, 1.165) is 29.0 Å². The molecule has 0 aromatic carbocycles. The smallest absolute Gasteiger partial charge is 0.341 e. The molecule has 28 heavy (non-hydrogen) atoms. The molecule has 4 N–H and O–H groups in total. The second-order valence-corrected chi connectivity index (χ2v) is 7.50. The molecule has 4 rings (SSSR count). The fourth-order valence-electron chi connectivity index (χ4n) is 4.24. The number of carboxylic acid groups (broad SMARTS) is 1. The van der Waals surface area contributed by atoms with Crippen LogP contribution in [0.25, 0.3) is 5.52 Å². The summed E-state index contributed by atoms with van der Waals surface area (Å²) in [6, 6.07) is 1.25. The number of aromatic carboxylic acids is 1. The van der Waals surface area contributed by atoms with Crippen molar-refractivity contribution >= 4 is 29.6 Å². The quantitative estimate of drug-likeness (QED) is 0.705. The number of carboxylic acids is 1. The number of hydrogen-bond acceptors (Lipinski definition) is 5. The number of rotatable bonds is 4. The minimum absolute atomic E-state index is 0. The molecule has 0 bridgehead atoms. The van der Waals surface area contributed by atoms with Gasteiger partial charge in [0.05, 0.1) is 23.5 Å². The standard InChI is InChI=1S/C19H22FN3O4.ClH/c1-9-16-13(10-2-3-10)5-14(19(26)27)18(25)23(16)8-15(20)17(9)22-7-12(24)4-11(22)6-21;/h5,8,10-12,24H,2-4,6-7,21H2,1H3,(H,26,27);1H. The molecule has 1 saturated heterocycles. The summed E-state index contributed by atoms with van der Waals surface area (Å²) in [5, 5.41) is 19.4. The number of hydrogen-bond donors (Lipinski definition) is 3. The van der Waals surface area contributed by atoms with E-state index in [1.807, 2.05) is 0 Å². The highest BCUT2D eigenvalue weighted by Gasteiger charge is 2.35. The van der Waals surface area contributed by atoms with E-state index < -0.39 is 23.4 Å². The average molecular weight is 412 g/mol. The van der Waals surface area contributed by atoms with E-state index >= 15 is 4.39 Å². The van der Waals surface area contributed by atoms with Gasteiger partial charge in [0.1, 0.15) is 5.56 Å². The zero-order chi connectivity index (χ0) is 19.5. The first-order valence-corrected chi connectivity index (χ1v) is 9.09. The van der Waals surface area contributed by atoms with Gasteiger partial charge in [0.25, 0.3) is 5.56 Å². The summed E-state index contributed by atoms with van der Waals surface area (Å²) in [6.07, 6.45) is 2.75. The van der Waals surface area contributed by atoms with E-state index in [2.05, 4.69) is 0 Å². The summed E-state index contributed by atoms with van der Waals surface area (Å²) in [5.74, 6) is -1.77. The number of fused-ring (bicyclic) bond motifs is 1. The van der Waals surface area contributed by atoms with Crippen LogP contribution >= 0.6 is 12.4 Å². The molecule has 2 atom stereocenters. The van der Waals surface area contributed by atoms with E-state index in [4.69, 9.17) is 5.73 Å². The average Bonchev–Trinajstić information content (AvgIpc) is 3.38. The van der Waals surface area contributed by atoms with Crippen molar-refractivity contribution in [3.05, 3.63) is 45.1 Å². The zero-order valence-corrected chi connectivity index (χ0v) is 16.2. The maximum atomic E-state index is 15.1. The summed E-state index contributed by atoms with van der Waals surface area (Å²) >= 11 is 0. The third-order valence-electron chi connectivity index (χ3n) is 5.64. The maximum absolute atomic E-state index is 15.1. The van der Waals surface area contributed by atoms with E-state index in [-0.39, 0.29) is 43.0 Å². The second-order valence-electron chi connectivity index (χ2n) is 7.50. The number of aliphatic hydroxyl groups excluding tert-OH is 1. The Kier molecular flexibility index (Phi) is 5.40. The van der Waals surface area contributed by atoms with Crippen LogP contribution in [0, 0.1) is 12.7 Å². The molecule has 1 saturated carbocycles. The summed E-state index contributed by atoms with van der Waals surface area (Å²) in [5.41, 5.74) is 6.92. The number of nitrogens with zero attached hydrogens (tertiary/aromatic N) is 2. The maximum Gasteiger partial charge on any atom is 0.341 e. The van der Waals surface area contributed by atoms with Crippen LogP contribution in [0.1, 0.15) is 46.7 Å². The lowest BCUT2D eigenvalue weighted by molar-refractivity contribution is 0.0694. The molecule has 152 valence electrons. The molecule has 2 aromatic heterocycles. The predicted molar refractivity (Wildman–Crippen MR) is 105 cm³/mol. The topological polar surface area (TPSA) is 108 Å². The highest BCUT2D eigenvalue weighted by molar-refractivity contribution is 5.89. The van der Waals surface area contributed by atoms with Crippen LogP contribution in [0.5, 0.6) is 0 Å². The molecular formula is C19H23ClFN3O4. The lowest BCUT2D eigenvalue weighted by atomic mass is 10.0. The lowest BCUT2D eigenvalue weighted by Gasteiger charge is -2.28. The molecule has 0 amide bonds. The van der Waals surface area contributed by atoms with E-state index in [1.54, 1.807) is 11.8 Å². The first-order valence-electron chi connectivity index (χ1n) is 9.09. The Hall–Kier alpha value is -2.16. The normalized spacial score (nSPS) is 21.8.